The summed E-state index contributed by atoms with van der Waals surface area (Å²) in [6, 6.07) is 16.1. The maximum Gasteiger partial charge on any atom is 0.248 e. The van der Waals surface area contributed by atoms with Crippen LogP contribution in [0.5, 0.6) is 0 Å². The number of carbonyl (C=O) groups excluding carboxylic acids is 1. The molecule has 3 heterocycles. The van der Waals surface area contributed by atoms with Crippen LogP contribution in [0, 0.1) is 6.92 Å². The van der Waals surface area contributed by atoms with Gasteiger partial charge in [0.05, 0.1) is 12.1 Å². The number of nitrogens with one attached hydrogen (secondary N) is 1. The van der Waals surface area contributed by atoms with Crippen LogP contribution in [-0.4, -0.2) is 58.6 Å². The second-order valence-corrected chi connectivity index (χ2v) is 9.92. The standard InChI is InChI=1S/C27H31N3O2/c1-19-14-21(22-3-2-20-8-11-28-25(20)15-22)4-5-23(19)16-29-12-9-27(10-13-29)18-30(24-6-7-24)26(31)17-32-27/h2-5,8,11,14-15,24,28H,6-7,9-10,12-13,16-18H2,1H3. The monoisotopic (exact) mass is 429 g/mol. The fraction of sp³-hybridized carbons (Fsp3) is 0.444. The number of aryl methyl sites for hydroxylation is 1. The van der Waals surface area contributed by atoms with Gasteiger partial charge in [0.15, 0.2) is 0 Å². The van der Waals surface area contributed by atoms with Crippen molar-refractivity contribution in [1.82, 2.24) is 14.8 Å². The molecule has 0 bridgehead atoms. The molecule has 0 radical (unpaired) electrons. The summed E-state index contributed by atoms with van der Waals surface area (Å²) in [6.07, 6.45) is 6.35. The first-order valence-electron chi connectivity index (χ1n) is 11.9. The van der Waals surface area contributed by atoms with E-state index in [1.165, 1.54) is 46.0 Å². The highest BCUT2D eigenvalue weighted by atomic mass is 16.5. The number of benzene rings is 2. The molecule has 2 saturated heterocycles. The second-order valence-electron chi connectivity index (χ2n) is 9.92. The minimum Gasteiger partial charge on any atom is -0.363 e. The first-order valence-corrected chi connectivity index (χ1v) is 11.9. The highest BCUT2D eigenvalue weighted by Gasteiger charge is 2.46. The number of carbonyl (C=O) groups is 1. The number of hydrogen-bond acceptors (Lipinski definition) is 3. The van der Waals surface area contributed by atoms with Crippen LogP contribution in [0.3, 0.4) is 0 Å². The van der Waals surface area contributed by atoms with Crippen LogP contribution in [0.15, 0.2) is 48.7 Å². The number of amides is 1. The number of piperidine rings is 1. The Kier molecular flexibility index (Phi) is 4.85. The Morgan fingerprint density at radius 2 is 1.84 bits per heavy atom. The van der Waals surface area contributed by atoms with Gasteiger partial charge in [-0.1, -0.05) is 30.3 Å². The topological polar surface area (TPSA) is 48.6 Å². The van der Waals surface area contributed by atoms with Gasteiger partial charge in [0.2, 0.25) is 5.91 Å². The summed E-state index contributed by atoms with van der Waals surface area (Å²) in [5, 5.41) is 1.25. The van der Waals surface area contributed by atoms with Gasteiger partial charge in [0, 0.05) is 37.4 Å². The Morgan fingerprint density at radius 3 is 2.62 bits per heavy atom. The molecule has 1 amide bonds. The van der Waals surface area contributed by atoms with Gasteiger partial charge < -0.3 is 14.6 Å². The summed E-state index contributed by atoms with van der Waals surface area (Å²) in [5.41, 5.74) is 6.30. The molecule has 6 rings (SSSR count). The molecule has 2 aliphatic heterocycles. The van der Waals surface area contributed by atoms with Gasteiger partial charge >= 0.3 is 0 Å². The number of aromatic nitrogens is 1. The third-order valence-electron chi connectivity index (χ3n) is 7.66. The van der Waals surface area contributed by atoms with Gasteiger partial charge in [-0.2, -0.15) is 0 Å². The average Bonchev–Trinajstić information content (AvgIpc) is 3.55. The molecule has 32 heavy (non-hydrogen) atoms. The molecule has 1 aliphatic carbocycles. The molecular weight excluding hydrogens is 398 g/mol. The fourth-order valence-corrected chi connectivity index (χ4v) is 5.40. The minimum absolute atomic E-state index is 0.123. The highest BCUT2D eigenvalue weighted by molar-refractivity contribution is 5.85. The maximum atomic E-state index is 12.2. The Balaban J connectivity index is 1.11. The lowest BCUT2D eigenvalue weighted by atomic mass is 9.88. The van der Waals surface area contributed by atoms with E-state index >= 15 is 0 Å². The van der Waals surface area contributed by atoms with E-state index in [0.29, 0.717) is 6.04 Å². The van der Waals surface area contributed by atoms with E-state index in [9.17, 15) is 4.79 Å². The quantitative estimate of drug-likeness (QED) is 0.664. The summed E-state index contributed by atoms with van der Waals surface area (Å²) >= 11 is 0. The normalized spacial score (nSPS) is 21.5. The zero-order valence-corrected chi connectivity index (χ0v) is 18.8. The zero-order chi connectivity index (χ0) is 21.7. The van der Waals surface area contributed by atoms with Gasteiger partial charge in [0.1, 0.15) is 6.61 Å². The zero-order valence-electron chi connectivity index (χ0n) is 18.8. The largest absolute Gasteiger partial charge is 0.363 e. The summed E-state index contributed by atoms with van der Waals surface area (Å²) < 4.78 is 6.12. The van der Waals surface area contributed by atoms with Crippen LogP contribution in [0.1, 0.15) is 36.8 Å². The third-order valence-corrected chi connectivity index (χ3v) is 7.66. The lowest BCUT2D eigenvalue weighted by molar-refractivity contribution is -0.172. The van der Waals surface area contributed by atoms with Crippen molar-refractivity contribution in [2.24, 2.45) is 0 Å². The lowest BCUT2D eigenvalue weighted by Crippen LogP contribution is -2.59. The summed E-state index contributed by atoms with van der Waals surface area (Å²) in [7, 11) is 0. The molecule has 3 aliphatic rings. The van der Waals surface area contributed by atoms with Crippen molar-refractivity contribution in [2.75, 3.05) is 26.2 Å². The molecule has 5 heteroatoms. The van der Waals surface area contributed by atoms with E-state index < -0.39 is 0 Å². The molecule has 166 valence electrons. The number of hydrogen-bond donors (Lipinski definition) is 1. The molecule has 0 atom stereocenters. The number of ether oxygens (including phenoxy) is 1. The lowest BCUT2D eigenvalue weighted by Gasteiger charge is -2.47. The first kappa shape index (κ1) is 20.0. The predicted octanol–water partition coefficient (Wildman–Crippen LogP) is 4.50. The van der Waals surface area contributed by atoms with E-state index in [1.807, 2.05) is 6.20 Å². The third kappa shape index (κ3) is 3.74. The summed E-state index contributed by atoms with van der Waals surface area (Å²) in [4.78, 5) is 20.2. The van der Waals surface area contributed by atoms with Gasteiger partial charge in [0.25, 0.3) is 0 Å². The van der Waals surface area contributed by atoms with Crippen molar-refractivity contribution in [3.8, 4) is 11.1 Å². The highest BCUT2D eigenvalue weighted by Crippen LogP contribution is 2.36. The van der Waals surface area contributed by atoms with Gasteiger partial charge in [-0.05, 0) is 72.4 Å². The van der Waals surface area contributed by atoms with Gasteiger partial charge in [-0.3, -0.25) is 9.69 Å². The second kappa shape index (κ2) is 7.75. The smallest absolute Gasteiger partial charge is 0.248 e. The SMILES string of the molecule is Cc1cc(-c2ccc3cc[nH]c3c2)ccc1CN1CCC2(CC1)CN(C1CC1)C(=O)CO2. The number of aromatic amines is 1. The van der Waals surface area contributed by atoms with Gasteiger partial charge in [-0.25, -0.2) is 0 Å². The van der Waals surface area contributed by atoms with Crippen molar-refractivity contribution in [3.05, 3.63) is 59.8 Å². The van der Waals surface area contributed by atoms with Gasteiger partial charge in [-0.15, -0.1) is 0 Å². The Labute approximate surface area is 189 Å². The van der Waals surface area contributed by atoms with E-state index in [2.05, 4.69) is 64.2 Å². The molecule has 5 nitrogen and oxygen atoms in total. The van der Waals surface area contributed by atoms with E-state index in [0.717, 1.165) is 39.0 Å². The maximum absolute atomic E-state index is 12.2. The first-order chi connectivity index (χ1) is 15.6. The average molecular weight is 430 g/mol. The molecular formula is C27H31N3O2. The number of nitrogens with zero attached hydrogens (tertiary/aromatic N) is 2. The number of rotatable bonds is 4. The summed E-state index contributed by atoms with van der Waals surface area (Å²) in [5.74, 6) is 0.187. The van der Waals surface area contributed by atoms with Crippen molar-refractivity contribution >= 4 is 16.8 Å². The fourth-order valence-electron chi connectivity index (χ4n) is 5.40. The van der Waals surface area contributed by atoms with Crippen molar-refractivity contribution in [1.29, 1.82) is 0 Å². The molecule has 1 spiro atoms. The van der Waals surface area contributed by atoms with Crippen molar-refractivity contribution < 1.29 is 9.53 Å². The van der Waals surface area contributed by atoms with Crippen molar-refractivity contribution in [3.63, 3.8) is 0 Å². The number of morpholine rings is 1. The molecule has 1 aromatic heterocycles. The molecule has 2 aromatic carbocycles. The molecule has 0 unspecified atom stereocenters. The van der Waals surface area contributed by atoms with Crippen LogP contribution in [0.25, 0.3) is 22.0 Å². The Morgan fingerprint density at radius 1 is 1.06 bits per heavy atom. The van der Waals surface area contributed by atoms with Crippen LogP contribution >= 0.6 is 0 Å². The van der Waals surface area contributed by atoms with Crippen molar-refractivity contribution in [2.45, 2.75) is 50.8 Å². The molecule has 1 saturated carbocycles. The molecule has 3 aromatic rings. The van der Waals surface area contributed by atoms with Crippen LogP contribution in [0.4, 0.5) is 0 Å². The van der Waals surface area contributed by atoms with E-state index in [-0.39, 0.29) is 18.1 Å². The van der Waals surface area contributed by atoms with E-state index in [4.69, 9.17) is 4.74 Å². The Hall–Kier alpha value is -2.63. The Bertz CT molecular complexity index is 1150. The minimum atomic E-state index is -0.123. The number of fused-ring (bicyclic) bond motifs is 1. The van der Waals surface area contributed by atoms with Crippen LogP contribution < -0.4 is 0 Å². The van der Waals surface area contributed by atoms with Crippen LogP contribution in [0.2, 0.25) is 0 Å². The molecule has 1 N–H and O–H groups in total. The number of likely N-dealkylation sites (tertiary alicyclic amines) is 1. The predicted molar refractivity (Wildman–Crippen MR) is 126 cm³/mol. The van der Waals surface area contributed by atoms with Crippen LogP contribution in [-0.2, 0) is 16.1 Å². The number of H-pyrrole nitrogens is 1. The molecule has 3 fully saturated rings. The summed E-state index contributed by atoms with van der Waals surface area (Å²) in [6.45, 7) is 6.31. The van der Waals surface area contributed by atoms with E-state index in [1.54, 1.807) is 0 Å².